The van der Waals surface area contributed by atoms with Crippen molar-refractivity contribution in [1.29, 1.82) is 0 Å². The van der Waals surface area contributed by atoms with E-state index in [9.17, 15) is 4.79 Å². The summed E-state index contributed by atoms with van der Waals surface area (Å²) in [4.78, 5) is 22.3. The lowest BCUT2D eigenvalue weighted by Gasteiger charge is -2.07. The summed E-state index contributed by atoms with van der Waals surface area (Å²) in [6.45, 7) is 2.57. The van der Waals surface area contributed by atoms with Gasteiger partial charge in [-0.2, -0.15) is 0 Å². The molecule has 0 aromatic carbocycles. The Morgan fingerprint density at radius 2 is 2.32 bits per heavy atom. The van der Waals surface area contributed by atoms with Crippen molar-refractivity contribution in [2.24, 2.45) is 0 Å². The number of anilines is 2. The maximum absolute atomic E-state index is 11.7. The Kier molecular flexibility index (Phi) is 4.12. The van der Waals surface area contributed by atoms with E-state index in [2.05, 4.69) is 20.3 Å². The molecule has 100 valence electrons. The first kappa shape index (κ1) is 13.1. The van der Waals surface area contributed by atoms with Crippen molar-refractivity contribution >= 4 is 11.6 Å². The van der Waals surface area contributed by atoms with E-state index in [0.29, 0.717) is 17.7 Å². The molecular weight excluding hydrogens is 242 g/mol. The molecule has 0 radical (unpaired) electrons. The van der Waals surface area contributed by atoms with E-state index in [1.54, 1.807) is 19.3 Å². The van der Waals surface area contributed by atoms with Crippen molar-refractivity contribution in [3.05, 3.63) is 46.1 Å². The van der Waals surface area contributed by atoms with Gasteiger partial charge in [-0.3, -0.25) is 14.8 Å². The summed E-state index contributed by atoms with van der Waals surface area (Å²) in [6, 6.07) is 3.83. The van der Waals surface area contributed by atoms with Crippen LogP contribution in [0.15, 0.2) is 29.3 Å². The van der Waals surface area contributed by atoms with Gasteiger partial charge in [0, 0.05) is 30.2 Å². The van der Waals surface area contributed by atoms with Gasteiger partial charge in [-0.25, -0.2) is 4.98 Å². The highest BCUT2D eigenvalue weighted by Crippen LogP contribution is 2.05. The fourth-order valence-electron chi connectivity index (χ4n) is 1.89. The number of aromatic nitrogens is 3. The number of aryl methyl sites for hydroxylation is 1. The van der Waals surface area contributed by atoms with E-state index in [1.165, 1.54) is 0 Å². The summed E-state index contributed by atoms with van der Waals surface area (Å²) in [7, 11) is 0. The lowest BCUT2D eigenvalue weighted by Crippen LogP contribution is -2.19. The predicted molar refractivity (Wildman–Crippen MR) is 75.1 cm³/mol. The van der Waals surface area contributed by atoms with Crippen LogP contribution in [0.5, 0.6) is 0 Å². The van der Waals surface area contributed by atoms with E-state index in [1.807, 2.05) is 12.1 Å². The highest BCUT2D eigenvalue weighted by atomic mass is 16.1. The normalized spacial score (nSPS) is 10.4. The molecule has 0 amide bonds. The van der Waals surface area contributed by atoms with Crippen molar-refractivity contribution < 1.29 is 0 Å². The molecule has 6 nitrogen and oxygen atoms in total. The van der Waals surface area contributed by atoms with Crippen LogP contribution in [0.1, 0.15) is 17.7 Å². The van der Waals surface area contributed by atoms with E-state index in [-0.39, 0.29) is 11.5 Å². The molecule has 2 rings (SSSR count). The molecule has 0 saturated carbocycles. The van der Waals surface area contributed by atoms with Crippen LogP contribution >= 0.6 is 0 Å². The van der Waals surface area contributed by atoms with Crippen LogP contribution < -0.4 is 16.6 Å². The smallest absolute Gasteiger partial charge is 0.255 e. The van der Waals surface area contributed by atoms with Gasteiger partial charge in [-0.15, -0.1) is 0 Å². The summed E-state index contributed by atoms with van der Waals surface area (Å²) in [6.07, 6.45) is 5.00. The Morgan fingerprint density at radius 3 is 3.00 bits per heavy atom. The van der Waals surface area contributed by atoms with Crippen LogP contribution in [0.4, 0.5) is 11.6 Å². The minimum Gasteiger partial charge on any atom is -0.384 e. The van der Waals surface area contributed by atoms with Crippen molar-refractivity contribution in [1.82, 2.24) is 15.0 Å². The molecule has 2 aromatic heterocycles. The molecule has 0 atom stereocenters. The Bertz CT molecular complexity index is 594. The van der Waals surface area contributed by atoms with Gasteiger partial charge >= 0.3 is 0 Å². The van der Waals surface area contributed by atoms with Gasteiger partial charge in [-0.05, 0) is 31.9 Å². The maximum Gasteiger partial charge on any atom is 0.255 e. The minimum absolute atomic E-state index is 0.147. The van der Waals surface area contributed by atoms with Crippen molar-refractivity contribution in [3.8, 4) is 0 Å². The molecule has 2 heterocycles. The van der Waals surface area contributed by atoms with Gasteiger partial charge in [0.2, 0.25) is 5.95 Å². The van der Waals surface area contributed by atoms with Crippen molar-refractivity contribution in [2.45, 2.75) is 19.8 Å². The first-order chi connectivity index (χ1) is 9.16. The van der Waals surface area contributed by atoms with Gasteiger partial charge in [0.15, 0.2) is 0 Å². The molecule has 0 aliphatic heterocycles. The highest BCUT2D eigenvalue weighted by molar-refractivity contribution is 5.39. The second-order valence-electron chi connectivity index (χ2n) is 4.29. The number of nitrogen functional groups attached to an aromatic ring is 1. The minimum atomic E-state index is -0.147. The standard InChI is InChI=1S/C13H17N5O/c1-9-11(12(19)18-13(14)17-9)5-3-7-16-10-4-2-6-15-8-10/h2,4,6,8,16H,3,5,7H2,1H3,(H3,14,17,18,19). The Hall–Kier alpha value is -2.37. The average molecular weight is 259 g/mol. The third-order valence-corrected chi connectivity index (χ3v) is 2.83. The molecule has 0 fully saturated rings. The number of nitrogens with zero attached hydrogens (tertiary/aromatic N) is 2. The molecule has 0 spiro atoms. The number of nitrogens with two attached hydrogens (primary N) is 1. The van der Waals surface area contributed by atoms with Crippen LogP contribution in [0.3, 0.4) is 0 Å². The third kappa shape index (κ3) is 3.54. The van der Waals surface area contributed by atoms with Crippen LogP contribution in [-0.4, -0.2) is 21.5 Å². The predicted octanol–water partition coefficient (Wildman–Crippen LogP) is 1.10. The zero-order valence-electron chi connectivity index (χ0n) is 10.8. The van der Waals surface area contributed by atoms with Gasteiger partial charge in [0.05, 0.1) is 5.69 Å². The lowest BCUT2D eigenvalue weighted by molar-refractivity contribution is 0.830. The number of hydrogen-bond donors (Lipinski definition) is 3. The fourth-order valence-corrected chi connectivity index (χ4v) is 1.89. The lowest BCUT2D eigenvalue weighted by atomic mass is 10.1. The zero-order chi connectivity index (χ0) is 13.7. The second kappa shape index (κ2) is 5.99. The van der Waals surface area contributed by atoms with Gasteiger partial charge in [0.1, 0.15) is 0 Å². The van der Waals surface area contributed by atoms with Crippen LogP contribution in [-0.2, 0) is 6.42 Å². The molecule has 19 heavy (non-hydrogen) atoms. The average Bonchev–Trinajstić information content (AvgIpc) is 2.38. The number of aromatic amines is 1. The van der Waals surface area contributed by atoms with E-state index >= 15 is 0 Å². The quantitative estimate of drug-likeness (QED) is 0.699. The first-order valence-corrected chi connectivity index (χ1v) is 6.16. The van der Waals surface area contributed by atoms with Gasteiger partial charge in [-0.1, -0.05) is 0 Å². The molecule has 0 aliphatic rings. The fraction of sp³-hybridized carbons (Fsp3) is 0.308. The van der Waals surface area contributed by atoms with E-state index in [0.717, 1.165) is 18.7 Å². The summed E-state index contributed by atoms with van der Waals surface area (Å²) in [5.74, 6) is 0.166. The molecule has 0 aliphatic carbocycles. The summed E-state index contributed by atoms with van der Waals surface area (Å²) >= 11 is 0. The van der Waals surface area contributed by atoms with Crippen LogP contribution in [0, 0.1) is 6.92 Å². The molecule has 6 heteroatoms. The second-order valence-corrected chi connectivity index (χ2v) is 4.29. The van der Waals surface area contributed by atoms with Crippen LogP contribution in [0.2, 0.25) is 0 Å². The highest BCUT2D eigenvalue weighted by Gasteiger charge is 2.06. The topological polar surface area (TPSA) is 96.7 Å². The van der Waals surface area contributed by atoms with E-state index in [4.69, 9.17) is 5.73 Å². The van der Waals surface area contributed by atoms with Crippen LogP contribution in [0.25, 0.3) is 0 Å². The van der Waals surface area contributed by atoms with Crippen molar-refractivity contribution in [2.75, 3.05) is 17.6 Å². The molecule has 4 N–H and O–H groups in total. The zero-order valence-corrected chi connectivity index (χ0v) is 10.8. The molecular formula is C13H17N5O. The Labute approximate surface area is 111 Å². The molecule has 0 unspecified atom stereocenters. The number of pyridine rings is 1. The molecule has 2 aromatic rings. The number of hydrogen-bond acceptors (Lipinski definition) is 5. The summed E-state index contributed by atoms with van der Waals surface area (Å²) in [5.41, 5.74) is 7.70. The van der Waals surface area contributed by atoms with E-state index < -0.39 is 0 Å². The SMILES string of the molecule is Cc1nc(N)[nH]c(=O)c1CCCNc1cccnc1. The van der Waals surface area contributed by atoms with Crippen molar-refractivity contribution in [3.63, 3.8) is 0 Å². The van der Waals surface area contributed by atoms with Gasteiger partial charge < -0.3 is 11.1 Å². The number of rotatable bonds is 5. The molecule has 0 saturated heterocycles. The summed E-state index contributed by atoms with van der Waals surface area (Å²) in [5, 5.41) is 3.25. The largest absolute Gasteiger partial charge is 0.384 e. The number of H-pyrrole nitrogens is 1. The summed E-state index contributed by atoms with van der Waals surface area (Å²) < 4.78 is 0. The maximum atomic E-state index is 11.7. The monoisotopic (exact) mass is 259 g/mol. The Balaban J connectivity index is 1.88. The van der Waals surface area contributed by atoms with Gasteiger partial charge in [0.25, 0.3) is 5.56 Å². The first-order valence-electron chi connectivity index (χ1n) is 6.16. The molecule has 0 bridgehead atoms. The Morgan fingerprint density at radius 1 is 1.47 bits per heavy atom. The third-order valence-electron chi connectivity index (χ3n) is 2.83. The number of nitrogens with one attached hydrogen (secondary N) is 2.